The standard InChI is InChI=1S/C16H19N3O5/c1-10-7-15(20)18(16(10)21)11-4-5-13(14(8-11)19(22)23)17-9-12-3-2-6-24-12/h4-5,8,10,12,17H,2-3,6-7,9H2,1H3/t10-,12+/m1/s1. The quantitative estimate of drug-likeness (QED) is 0.503. The van der Waals surface area contributed by atoms with Crippen molar-refractivity contribution in [1.82, 2.24) is 0 Å². The fourth-order valence-corrected chi connectivity index (χ4v) is 3.04. The first-order valence-corrected chi connectivity index (χ1v) is 7.98. The van der Waals surface area contributed by atoms with E-state index in [2.05, 4.69) is 5.32 Å². The summed E-state index contributed by atoms with van der Waals surface area (Å²) in [7, 11) is 0. The van der Waals surface area contributed by atoms with Gasteiger partial charge in [0, 0.05) is 31.6 Å². The number of anilines is 2. The summed E-state index contributed by atoms with van der Waals surface area (Å²) in [4.78, 5) is 35.9. The van der Waals surface area contributed by atoms with Crippen LogP contribution in [0.2, 0.25) is 0 Å². The number of imide groups is 1. The summed E-state index contributed by atoms with van der Waals surface area (Å²) in [5, 5.41) is 14.4. The Morgan fingerprint density at radius 1 is 1.42 bits per heavy atom. The summed E-state index contributed by atoms with van der Waals surface area (Å²) in [5.74, 6) is -1.05. The molecule has 0 spiro atoms. The number of benzene rings is 1. The molecule has 1 N–H and O–H groups in total. The summed E-state index contributed by atoms with van der Waals surface area (Å²) >= 11 is 0. The maximum absolute atomic E-state index is 12.1. The lowest BCUT2D eigenvalue weighted by atomic mass is 10.1. The normalized spacial score (nSPS) is 23.8. The van der Waals surface area contributed by atoms with Crippen molar-refractivity contribution in [2.45, 2.75) is 32.3 Å². The number of carbonyl (C=O) groups excluding carboxylic acids is 2. The summed E-state index contributed by atoms with van der Waals surface area (Å²) in [6, 6.07) is 4.36. The highest BCUT2D eigenvalue weighted by Gasteiger charge is 2.37. The number of nitrogens with zero attached hydrogens (tertiary/aromatic N) is 2. The Bertz CT molecular complexity index is 684. The van der Waals surface area contributed by atoms with Crippen LogP contribution in [0.15, 0.2) is 18.2 Å². The van der Waals surface area contributed by atoms with Crippen LogP contribution in [0.25, 0.3) is 0 Å². The molecule has 2 aliphatic rings. The third kappa shape index (κ3) is 3.09. The van der Waals surface area contributed by atoms with E-state index in [-0.39, 0.29) is 35.7 Å². The van der Waals surface area contributed by atoms with Crippen molar-refractivity contribution in [3.05, 3.63) is 28.3 Å². The fraction of sp³-hybridized carbons (Fsp3) is 0.500. The van der Waals surface area contributed by atoms with E-state index in [1.54, 1.807) is 13.0 Å². The molecule has 2 amide bonds. The van der Waals surface area contributed by atoms with Crippen LogP contribution < -0.4 is 10.2 Å². The average molecular weight is 333 g/mol. The van der Waals surface area contributed by atoms with E-state index in [1.165, 1.54) is 12.1 Å². The Morgan fingerprint density at radius 3 is 2.79 bits per heavy atom. The first-order valence-electron chi connectivity index (χ1n) is 7.98. The van der Waals surface area contributed by atoms with Crippen molar-refractivity contribution in [2.24, 2.45) is 5.92 Å². The molecule has 2 saturated heterocycles. The second kappa shape index (κ2) is 6.56. The maximum atomic E-state index is 12.1. The van der Waals surface area contributed by atoms with Gasteiger partial charge in [-0.15, -0.1) is 0 Å². The van der Waals surface area contributed by atoms with E-state index < -0.39 is 10.8 Å². The zero-order valence-corrected chi connectivity index (χ0v) is 13.4. The summed E-state index contributed by atoms with van der Waals surface area (Å²) < 4.78 is 5.49. The van der Waals surface area contributed by atoms with E-state index in [9.17, 15) is 19.7 Å². The smallest absolute Gasteiger partial charge is 0.294 e. The van der Waals surface area contributed by atoms with E-state index in [0.29, 0.717) is 18.8 Å². The van der Waals surface area contributed by atoms with Gasteiger partial charge in [0.1, 0.15) is 5.69 Å². The minimum atomic E-state index is -0.518. The van der Waals surface area contributed by atoms with E-state index in [1.807, 2.05) is 0 Å². The topological polar surface area (TPSA) is 102 Å². The average Bonchev–Trinajstić information content (AvgIpc) is 3.14. The molecule has 0 saturated carbocycles. The molecule has 2 atom stereocenters. The third-order valence-electron chi connectivity index (χ3n) is 4.35. The number of amides is 2. The maximum Gasteiger partial charge on any atom is 0.294 e. The van der Waals surface area contributed by atoms with Crippen LogP contribution in [-0.4, -0.2) is 36.0 Å². The lowest BCUT2D eigenvalue weighted by molar-refractivity contribution is -0.383. The number of hydrogen-bond donors (Lipinski definition) is 1. The summed E-state index contributed by atoms with van der Waals surface area (Å²) in [6.45, 7) is 2.87. The lowest BCUT2D eigenvalue weighted by Gasteiger charge is -2.16. The van der Waals surface area contributed by atoms with Gasteiger partial charge in [0.2, 0.25) is 11.8 Å². The van der Waals surface area contributed by atoms with Crippen LogP contribution in [0.3, 0.4) is 0 Å². The lowest BCUT2D eigenvalue weighted by Crippen LogP contribution is -2.30. The number of nitro benzene ring substituents is 1. The van der Waals surface area contributed by atoms with Crippen molar-refractivity contribution in [3.63, 3.8) is 0 Å². The molecule has 0 unspecified atom stereocenters. The van der Waals surface area contributed by atoms with Crippen molar-refractivity contribution < 1.29 is 19.2 Å². The number of ether oxygens (including phenoxy) is 1. The fourth-order valence-electron chi connectivity index (χ4n) is 3.04. The molecule has 0 bridgehead atoms. The predicted molar refractivity (Wildman–Crippen MR) is 86.8 cm³/mol. The molecule has 0 aliphatic carbocycles. The van der Waals surface area contributed by atoms with Crippen LogP contribution >= 0.6 is 0 Å². The van der Waals surface area contributed by atoms with Crippen molar-refractivity contribution in [2.75, 3.05) is 23.4 Å². The van der Waals surface area contributed by atoms with Gasteiger partial charge < -0.3 is 10.1 Å². The number of hydrogen-bond acceptors (Lipinski definition) is 6. The van der Waals surface area contributed by atoms with Crippen LogP contribution in [0, 0.1) is 16.0 Å². The minimum absolute atomic E-state index is 0.0480. The van der Waals surface area contributed by atoms with Crippen molar-refractivity contribution >= 4 is 28.9 Å². The Balaban J connectivity index is 1.83. The third-order valence-corrected chi connectivity index (χ3v) is 4.35. The summed E-state index contributed by atoms with van der Waals surface area (Å²) in [6.07, 6.45) is 2.09. The SMILES string of the molecule is C[C@@H]1CC(=O)N(c2ccc(NC[C@@H]3CCCO3)c([N+](=O)[O-])c2)C1=O. The van der Waals surface area contributed by atoms with Gasteiger partial charge in [-0.05, 0) is 25.0 Å². The summed E-state index contributed by atoms with van der Waals surface area (Å²) in [5.41, 5.74) is 0.431. The van der Waals surface area contributed by atoms with Gasteiger partial charge >= 0.3 is 0 Å². The first kappa shape index (κ1) is 16.4. The molecule has 0 radical (unpaired) electrons. The Kier molecular flexibility index (Phi) is 4.48. The number of rotatable bonds is 5. The molecule has 3 rings (SSSR count). The van der Waals surface area contributed by atoms with E-state index in [4.69, 9.17) is 4.74 Å². The van der Waals surface area contributed by atoms with Crippen LogP contribution in [0.5, 0.6) is 0 Å². The Morgan fingerprint density at radius 2 is 2.21 bits per heavy atom. The molecule has 2 heterocycles. The number of nitro groups is 1. The second-order valence-electron chi connectivity index (χ2n) is 6.15. The number of carbonyl (C=O) groups is 2. The Hall–Kier alpha value is -2.48. The van der Waals surface area contributed by atoms with Crippen molar-refractivity contribution in [1.29, 1.82) is 0 Å². The first-order chi connectivity index (χ1) is 11.5. The molecule has 2 aliphatic heterocycles. The monoisotopic (exact) mass is 333 g/mol. The van der Waals surface area contributed by atoms with Gasteiger partial charge in [-0.3, -0.25) is 24.6 Å². The highest BCUT2D eigenvalue weighted by Crippen LogP contribution is 2.33. The molecule has 8 heteroatoms. The van der Waals surface area contributed by atoms with Gasteiger partial charge in [0.15, 0.2) is 0 Å². The van der Waals surface area contributed by atoms with Gasteiger partial charge in [-0.1, -0.05) is 6.92 Å². The minimum Gasteiger partial charge on any atom is -0.377 e. The molecular weight excluding hydrogens is 314 g/mol. The second-order valence-corrected chi connectivity index (χ2v) is 6.15. The molecule has 128 valence electrons. The predicted octanol–water partition coefficient (Wildman–Crippen LogP) is 2.09. The molecule has 1 aromatic carbocycles. The zero-order valence-electron chi connectivity index (χ0n) is 13.4. The zero-order chi connectivity index (χ0) is 17.3. The van der Waals surface area contributed by atoms with Crippen LogP contribution in [-0.2, 0) is 14.3 Å². The van der Waals surface area contributed by atoms with Gasteiger partial charge in [-0.2, -0.15) is 0 Å². The Labute approximate surface area is 138 Å². The largest absolute Gasteiger partial charge is 0.377 e. The highest BCUT2D eigenvalue weighted by atomic mass is 16.6. The molecule has 0 aromatic heterocycles. The molecular formula is C16H19N3O5. The van der Waals surface area contributed by atoms with E-state index >= 15 is 0 Å². The molecule has 2 fully saturated rings. The van der Waals surface area contributed by atoms with Gasteiger partial charge in [-0.25, -0.2) is 0 Å². The van der Waals surface area contributed by atoms with E-state index in [0.717, 1.165) is 17.7 Å². The van der Waals surface area contributed by atoms with Gasteiger partial charge in [0.05, 0.1) is 16.7 Å². The molecule has 24 heavy (non-hydrogen) atoms. The molecule has 1 aromatic rings. The van der Waals surface area contributed by atoms with Crippen LogP contribution in [0.4, 0.5) is 17.1 Å². The van der Waals surface area contributed by atoms with Crippen LogP contribution in [0.1, 0.15) is 26.2 Å². The number of nitrogens with one attached hydrogen (secondary N) is 1. The molecule has 8 nitrogen and oxygen atoms in total. The highest BCUT2D eigenvalue weighted by molar-refractivity contribution is 6.21. The van der Waals surface area contributed by atoms with Crippen molar-refractivity contribution in [3.8, 4) is 0 Å². The van der Waals surface area contributed by atoms with Gasteiger partial charge in [0.25, 0.3) is 5.69 Å².